The summed E-state index contributed by atoms with van der Waals surface area (Å²) < 4.78 is 13.5. The molecule has 0 amide bonds. The molecule has 0 heterocycles. The molecule has 124 valence electrons. The van der Waals surface area contributed by atoms with E-state index in [0.29, 0.717) is 5.75 Å². The smallest absolute Gasteiger partial charge is 0.191 e. The third-order valence-electron chi connectivity index (χ3n) is 3.30. The topological polar surface area (TPSA) is 36.4 Å². The number of hydrogen-bond acceptors (Lipinski definition) is 2. The molecular weight excluding hydrogens is 412 g/mol. The fourth-order valence-electron chi connectivity index (χ4n) is 1.90. The van der Waals surface area contributed by atoms with Gasteiger partial charge in [-0.3, -0.25) is 4.99 Å². The molecule has 0 unspecified atom stereocenters. The zero-order valence-corrected chi connectivity index (χ0v) is 16.1. The normalized spacial score (nSPS) is 14.4. The molecule has 22 heavy (non-hydrogen) atoms. The van der Waals surface area contributed by atoms with Gasteiger partial charge in [-0.05, 0) is 37.3 Å². The Bertz CT molecular complexity index is 466. The monoisotopic (exact) mass is 437 g/mol. The van der Waals surface area contributed by atoms with Crippen molar-refractivity contribution in [2.75, 3.05) is 25.4 Å². The molecule has 1 aliphatic rings. The number of aliphatic imine (C=N–C) groups is 1. The minimum Gasteiger partial charge on any atom is -0.357 e. The Balaban J connectivity index is 0.00000242. The highest BCUT2D eigenvalue weighted by atomic mass is 127. The largest absolute Gasteiger partial charge is 0.357 e. The number of nitrogens with one attached hydrogen (secondary N) is 2. The van der Waals surface area contributed by atoms with Crippen molar-refractivity contribution >= 4 is 41.7 Å². The Labute approximate surface area is 154 Å². The van der Waals surface area contributed by atoms with Crippen LogP contribution in [0.2, 0.25) is 0 Å². The summed E-state index contributed by atoms with van der Waals surface area (Å²) in [4.78, 5) is 4.57. The van der Waals surface area contributed by atoms with Gasteiger partial charge in [-0.1, -0.05) is 18.2 Å². The minimum atomic E-state index is -0.114. The van der Waals surface area contributed by atoms with E-state index >= 15 is 0 Å². The molecule has 0 aliphatic heterocycles. The highest BCUT2D eigenvalue weighted by molar-refractivity contribution is 14.0. The highest BCUT2D eigenvalue weighted by Gasteiger charge is 2.20. The average molecular weight is 437 g/mol. The van der Waals surface area contributed by atoms with Crippen molar-refractivity contribution < 1.29 is 4.39 Å². The van der Waals surface area contributed by atoms with Gasteiger partial charge in [-0.25, -0.2) is 4.39 Å². The molecule has 0 atom stereocenters. The van der Waals surface area contributed by atoms with Crippen molar-refractivity contribution in [2.45, 2.75) is 25.5 Å². The second kappa shape index (κ2) is 11.1. The lowest BCUT2D eigenvalue weighted by atomic mass is 10.2. The summed E-state index contributed by atoms with van der Waals surface area (Å²) in [5.41, 5.74) is 0.775. The van der Waals surface area contributed by atoms with Crippen LogP contribution in [-0.2, 0) is 5.75 Å². The van der Waals surface area contributed by atoms with Gasteiger partial charge in [0.2, 0.25) is 0 Å². The maximum Gasteiger partial charge on any atom is 0.191 e. The van der Waals surface area contributed by atoms with Crippen LogP contribution < -0.4 is 10.6 Å². The van der Waals surface area contributed by atoms with Gasteiger partial charge in [0.05, 0.1) is 0 Å². The first kappa shape index (κ1) is 19.5. The molecule has 1 fully saturated rings. The molecule has 0 radical (unpaired) electrons. The van der Waals surface area contributed by atoms with Crippen molar-refractivity contribution in [3.8, 4) is 0 Å². The van der Waals surface area contributed by atoms with Crippen LogP contribution in [0.4, 0.5) is 4.39 Å². The fourth-order valence-corrected chi connectivity index (χ4v) is 2.75. The number of nitrogens with zero attached hydrogens (tertiary/aromatic N) is 1. The minimum absolute atomic E-state index is 0. The molecule has 6 heteroatoms. The molecular formula is C16H25FIN3S. The average Bonchev–Trinajstić information content (AvgIpc) is 3.30. The Morgan fingerprint density at radius 3 is 2.77 bits per heavy atom. The molecule has 2 rings (SSSR count). The summed E-state index contributed by atoms with van der Waals surface area (Å²) in [6.07, 6.45) is 2.64. The van der Waals surface area contributed by atoms with Gasteiger partial charge in [-0.2, -0.15) is 11.8 Å². The van der Waals surface area contributed by atoms with Crippen LogP contribution in [0.5, 0.6) is 0 Å². The molecule has 1 aromatic rings. The first-order chi connectivity index (χ1) is 10.3. The van der Waals surface area contributed by atoms with E-state index in [1.807, 2.05) is 12.1 Å². The lowest BCUT2D eigenvalue weighted by Gasteiger charge is -2.11. The van der Waals surface area contributed by atoms with Gasteiger partial charge in [-0.15, -0.1) is 24.0 Å². The molecule has 1 saturated carbocycles. The second-order valence-electron chi connectivity index (χ2n) is 5.23. The fraction of sp³-hybridized carbons (Fsp3) is 0.562. The Kier molecular flexibility index (Phi) is 9.86. The molecule has 0 spiro atoms. The van der Waals surface area contributed by atoms with Crippen molar-refractivity contribution in [2.24, 2.45) is 10.9 Å². The van der Waals surface area contributed by atoms with Gasteiger partial charge >= 0.3 is 0 Å². The van der Waals surface area contributed by atoms with E-state index in [9.17, 15) is 4.39 Å². The molecule has 2 N–H and O–H groups in total. The van der Waals surface area contributed by atoms with Gasteiger partial charge in [0.25, 0.3) is 0 Å². The van der Waals surface area contributed by atoms with Gasteiger partial charge in [0, 0.05) is 31.1 Å². The third-order valence-corrected chi connectivity index (χ3v) is 4.31. The number of hydrogen-bond donors (Lipinski definition) is 2. The van der Waals surface area contributed by atoms with Crippen molar-refractivity contribution in [3.05, 3.63) is 35.6 Å². The predicted molar refractivity (Wildman–Crippen MR) is 105 cm³/mol. The Morgan fingerprint density at radius 2 is 2.09 bits per heavy atom. The third kappa shape index (κ3) is 7.67. The lowest BCUT2D eigenvalue weighted by Crippen LogP contribution is -2.38. The number of halogens is 2. The first-order valence-corrected chi connectivity index (χ1v) is 8.78. The summed E-state index contributed by atoms with van der Waals surface area (Å²) in [6, 6.07) is 6.97. The summed E-state index contributed by atoms with van der Waals surface area (Å²) in [6.45, 7) is 4.72. The van der Waals surface area contributed by atoms with E-state index in [-0.39, 0.29) is 29.8 Å². The van der Waals surface area contributed by atoms with Crippen molar-refractivity contribution in [1.29, 1.82) is 0 Å². The second-order valence-corrected chi connectivity index (χ2v) is 6.34. The molecule has 0 saturated heterocycles. The molecule has 0 bridgehead atoms. The first-order valence-electron chi connectivity index (χ1n) is 7.63. The van der Waals surface area contributed by atoms with Crippen molar-refractivity contribution in [3.63, 3.8) is 0 Å². The summed E-state index contributed by atoms with van der Waals surface area (Å²) in [7, 11) is 0. The zero-order chi connectivity index (χ0) is 14.9. The van der Waals surface area contributed by atoms with Crippen LogP contribution in [0.3, 0.4) is 0 Å². The van der Waals surface area contributed by atoms with Gasteiger partial charge in [0.1, 0.15) is 5.82 Å². The van der Waals surface area contributed by atoms with Crippen LogP contribution in [-0.4, -0.2) is 31.3 Å². The summed E-state index contributed by atoms with van der Waals surface area (Å²) >= 11 is 1.73. The molecule has 1 aliphatic carbocycles. The van der Waals surface area contributed by atoms with Crippen LogP contribution in [0, 0.1) is 11.7 Å². The molecule has 1 aromatic carbocycles. The number of rotatable bonds is 8. The standard InChI is InChI=1S/C16H24FN3S.HI/c1-2-18-16(20-11-13-7-8-13)19-9-10-21-12-14-5-3-4-6-15(14)17;/h3-6,13H,2,7-12H2,1H3,(H2,18,19,20);1H. The number of benzene rings is 1. The summed E-state index contributed by atoms with van der Waals surface area (Å²) in [5, 5.41) is 6.58. The van der Waals surface area contributed by atoms with E-state index in [4.69, 9.17) is 0 Å². The van der Waals surface area contributed by atoms with Crippen molar-refractivity contribution in [1.82, 2.24) is 10.6 Å². The van der Waals surface area contributed by atoms with E-state index < -0.39 is 0 Å². The Morgan fingerprint density at radius 1 is 1.32 bits per heavy atom. The predicted octanol–water partition coefficient (Wildman–Crippen LogP) is 3.64. The van der Waals surface area contributed by atoms with E-state index in [1.165, 1.54) is 18.9 Å². The SMILES string of the molecule is CCNC(=NCC1CC1)NCCSCc1ccccc1F.I. The van der Waals surface area contributed by atoms with E-state index in [0.717, 1.165) is 42.8 Å². The highest BCUT2D eigenvalue weighted by Crippen LogP contribution is 2.28. The quantitative estimate of drug-likeness (QED) is 0.282. The molecule has 0 aromatic heterocycles. The van der Waals surface area contributed by atoms with Crippen LogP contribution in [0.25, 0.3) is 0 Å². The number of guanidine groups is 1. The van der Waals surface area contributed by atoms with Crippen LogP contribution >= 0.6 is 35.7 Å². The maximum atomic E-state index is 13.5. The zero-order valence-electron chi connectivity index (χ0n) is 13.0. The molecule has 3 nitrogen and oxygen atoms in total. The maximum absolute atomic E-state index is 13.5. The van der Waals surface area contributed by atoms with E-state index in [1.54, 1.807) is 17.8 Å². The number of thioether (sulfide) groups is 1. The summed E-state index contributed by atoms with van der Waals surface area (Å²) in [5.74, 6) is 3.23. The Hall–Kier alpha value is -0.500. The lowest BCUT2D eigenvalue weighted by molar-refractivity contribution is 0.617. The van der Waals surface area contributed by atoms with E-state index in [2.05, 4.69) is 22.5 Å². The van der Waals surface area contributed by atoms with Crippen LogP contribution in [0.15, 0.2) is 29.3 Å². The van der Waals surface area contributed by atoms with Gasteiger partial charge < -0.3 is 10.6 Å². The van der Waals surface area contributed by atoms with Crippen LogP contribution in [0.1, 0.15) is 25.3 Å². The van der Waals surface area contributed by atoms with Gasteiger partial charge in [0.15, 0.2) is 5.96 Å².